The second kappa shape index (κ2) is 14.9. The van der Waals surface area contributed by atoms with Crippen LogP contribution in [0.25, 0.3) is 0 Å². The molecule has 0 aromatic carbocycles. The van der Waals surface area contributed by atoms with Gasteiger partial charge in [-0.25, -0.2) is 0 Å². The van der Waals surface area contributed by atoms with Crippen molar-refractivity contribution in [2.24, 2.45) is 4.99 Å². The van der Waals surface area contributed by atoms with E-state index in [1.807, 2.05) is 7.05 Å². The molecule has 21 heavy (non-hydrogen) atoms. The molecule has 1 aliphatic carbocycles. The first-order chi connectivity index (χ1) is 9.86. The summed E-state index contributed by atoms with van der Waals surface area (Å²) in [5.41, 5.74) is 0. The van der Waals surface area contributed by atoms with Crippen LogP contribution < -0.4 is 10.6 Å². The van der Waals surface area contributed by atoms with Gasteiger partial charge in [0.2, 0.25) is 0 Å². The van der Waals surface area contributed by atoms with Crippen LogP contribution in [0.15, 0.2) is 4.99 Å². The van der Waals surface area contributed by atoms with Gasteiger partial charge in [0.25, 0.3) is 0 Å². The number of hydrogen-bond donors (Lipinski definition) is 2. The maximum atomic E-state index is 5.84. The molecule has 0 aromatic rings. The molecule has 0 heterocycles. The first kappa shape index (κ1) is 21.0. The molecule has 0 spiro atoms. The highest BCUT2D eigenvalue weighted by molar-refractivity contribution is 14.0. The van der Waals surface area contributed by atoms with E-state index in [4.69, 9.17) is 4.74 Å². The zero-order chi connectivity index (χ0) is 14.5. The van der Waals surface area contributed by atoms with Gasteiger partial charge in [-0.2, -0.15) is 0 Å². The Bertz CT molecular complexity index is 256. The monoisotopic (exact) mass is 411 g/mol. The topological polar surface area (TPSA) is 45.7 Å². The third kappa shape index (κ3) is 11.2. The molecular formula is C16H34IN3O. The van der Waals surface area contributed by atoms with E-state index in [-0.39, 0.29) is 24.0 Å². The van der Waals surface area contributed by atoms with Gasteiger partial charge in [-0.3, -0.25) is 4.99 Å². The quantitative estimate of drug-likeness (QED) is 0.249. The third-order valence-corrected chi connectivity index (χ3v) is 3.82. The van der Waals surface area contributed by atoms with Gasteiger partial charge >= 0.3 is 0 Å². The summed E-state index contributed by atoms with van der Waals surface area (Å²) < 4.78 is 5.84. The standard InChI is InChI=1S/C16H33N3O.HI/c1-3-4-5-8-12-18-16(17-2)19-13-9-14-20-15-10-6-7-11-15;/h15H,3-14H2,1-2H3,(H2,17,18,19);1H. The van der Waals surface area contributed by atoms with Crippen molar-refractivity contribution in [3.05, 3.63) is 0 Å². The molecule has 0 bridgehead atoms. The van der Waals surface area contributed by atoms with Gasteiger partial charge in [0.05, 0.1) is 6.10 Å². The number of hydrogen-bond acceptors (Lipinski definition) is 2. The molecule has 1 saturated carbocycles. The molecule has 1 fully saturated rings. The fourth-order valence-electron chi connectivity index (χ4n) is 2.56. The summed E-state index contributed by atoms with van der Waals surface area (Å²) in [6.07, 6.45) is 11.9. The number of halogens is 1. The van der Waals surface area contributed by atoms with Crippen molar-refractivity contribution in [3.8, 4) is 0 Å². The van der Waals surface area contributed by atoms with Crippen molar-refractivity contribution < 1.29 is 4.74 Å². The van der Waals surface area contributed by atoms with Gasteiger partial charge in [0, 0.05) is 26.7 Å². The predicted octanol–water partition coefficient (Wildman–Crippen LogP) is 3.70. The molecule has 0 saturated heterocycles. The van der Waals surface area contributed by atoms with Crippen LogP contribution in [-0.2, 0) is 4.74 Å². The molecule has 0 amide bonds. The lowest BCUT2D eigenvalue weighted by molar-refractivity contribution is 0.0574. The van der Waals surface area contributed by atoms with Crippen LogP contribution in [0.4, 0.5) is 0 Å². The first-order valence-corrected chi connectivity index (χ1v) is 8.43. The highest BCUT2D eigenvalue weighted by Crippen LogP contribution is 2.20. The molecule has 0 radical (unpaired) electrons. The van der Waals surface area contributed by atoms with E-state index in [1.165, 1.54) is 51.4 Å². The van der Waals surface area contributed by atoms with Crippen molar-refractivity contribution in [1.29, 1.82) is 0 Å². The molecule has 2 N–H and O–H groups in total. The van der Waals surface area contributed by atoms with Crippen molar-refractivity contribution in [2.75, 3.05) is 26.7 Å². The van der Waals surface area contributed by atoms with Crippen molar-refractivity contribution >= 4 is 29.9 Å². The zero-order valence-corrected chi connectivity index (χ0v) is 16.2. The predicted molar refractivity (Wildman–Crippen MR) is 102 cm³/mol. The number of aliphatic imine (C=N–C) groups is 1. The van der Waals surface area contributed by atoms with Crippen molar-refractivity contribution in [2.45, 2.75) is 70.8 Å². The number of nitrogens with zero attached hydrogens (tertiary/aromatic N) is 1. The Morgan fingerprint density at radius 2 is 1.71 bits per heavy atom. The number of ether oxygens (including phenoxy) is 1. The highest BCUT2D eigenvalue weighted by Gasteiger charge is 2.14. The normalized spacial score (nSPS) is 15.8. The summed E-state index contributed by atoms with van der Waals surface area (Å²) in [7, 11) is 1.83. The Kier molecular flexibility index (Phi) is 14.9. The lowest BCUT2D eigenvalue weighted by Gasteiger charge is -2.13. The Labute approximate surface area is 147 Å². The largest absolute Gasteiger partial charge is 0.378 e. The average molecular weight is 411 g/mol. The smallest absolute Gasteiger partial charge is 0.190 e. The zero-order valence-electron chi connectivity index (χ0n) is 13.8. The van der Waals surface area contributed by atoms with Gasteiger partial charge in [0.15, 0.2) is 5.96 Å². The Balaban J connectivity index is 0.00000400. The van der Waals surface area contributed by atoms with E-state index in [1.54, 1.807) is 0 Å². The summed E-state index contributed by atoms with van der Waals surface area (Å²) in [6.45, 7) is 5.05. The number of nitrogens with one attached hydrogen (secondary N) is 2. The van der Waals surface area contributed by atoms with E-state index in [0.717, 1.165) is 32.1 Å². The Morgan fingerprint density at radius 3 is 2.33 bits per heavy atom. The van der Waals surface area contributed by atoms with E-state index >= 15 is 0 Å². The maximum absolute atomic E-state index is 5.84. The minimum Gasteiger partial charge on any atom is -0.378 e. The lowest BCUT2D eigenvalue weighted by Crippen LogP contribution is -2.38. The van der Waals surface area contributed by atoms with E-state index in [0.29, 0.717) is 6.10 Å². The van der Waals surface area contributed by atoms with Gasteiger partial charge in [-0.1, -0.05) is 39.0 Å². The fourth-order valence-corrected chi connectivity index (χ4v) is 2.56. The summed E-state index contributed by atoms with van der Waals surface area (Å²) in [5.74, 6) is 0.919. The van der Waals surface area contributed by atoms with E-state index in [2.05, 4.69) is 22.5 Å². The number of rotatable bonds is 10. The van der Waals surface area contributed by atoms with Crippen LogP contribution in [0, 0.1) is 0 Å². The highest BCUT2D eigenvalue weighted by atomic mass is 127. The van der Waals surface area contributed by atoms with Crippen molar-refractivity contribution in [1.82, 2.24) is 10.6 Å². The molecule has 126 valence electrons. The van der Waals surface area contributed by atoms with Crippen LogP contribution in [0.1, 0.15) is 64.7 Å². The average Bonchev–Trinajstić information content (AvgIpc) is 2.97. The minimum atomic E-state index is 0. The van der Waals surface area contributed by atoms with Crippen LogP contribution in [0.3, 0.4) is 0 Å². The molecule has 0 atom stereocenters. The van der Waals surface area contributed by atoms with Gasteiger partial charge in [-0.15, -0.1) is 24.0 Å². The first-order valence-electron chi connectivity index (χ1n) is 8.43. The van der Waals surface area contributed by atoms with Crippen LogP contribution in [0.2, 0.25) is 0 Å². The molecule has 0 aromatic heterocycles. The van der Waals surface area contributed by atoms with Gasteiger partial charge < -0.3 is 15.4 Å². The maximum Gasteiger partial charge on any atom is 0.190 e. The Hall–Kier alpha value is -0.0400. The molecule has 1 aliphatic rings. The fraction of sp³-hybridized carbons (Fsp3) is 0.938. The SMILES string of the molecule is CCCCCCNC(=NC)NCCCOC1CCCC1.I. The van der Waals surface area contributed by atoms with E-state index in [9.17, 15) is 0 Å². The summed E-state index contributed by atoms with van der Waals surface area (Å²) in [4.78, 5) is 4.23. The van der Waals surface area contributed by atoms with Crippen LogP contribution in [-0.4, -0.2) is 38.8 Å². The van der Waals surface area contributed by atoms with Crippen LogP contribution >= 0.6 is 24.0 Å². The molecule has 4 nitrogen and oxygen atoms in total. The van der Waals surface area contributed by atoms with Crippen LogP contribution in [0.5, 0.6) is 0 Å². The number of guanidine groups is 1. The second-order valence-electron chi connectivity index (χ2n) is 5.62. The van der Waals surface area contributed by atoms with E-state index < -0.39 is 0 Å². The summed E-state index contributed by atoms with van der Waals surface area (Å²) in [5, 5.41) is 6.70. The minimum absolute atomic E-state index is 0. The molecule has 5 heteroatoms. The second-order valence-corrected chi connectivity index (χ2v) is 5.62. The summed E-state index contributed by atoms with van der Waals surface area (Å²) >= 11 is 0. The van der Waals surface area contributed by atoms with Gasteiger partial charge in [-0.05, 0) is 25.7 Å². The lowest BCUT2D eigenvalue weighted by atomic mass is 10.2. The Morgan fingerprint density at radius 1 is 1.05 bits per heavy atom. The number of unbranched alkanes of at least 4 members (excludes halogenated alkanes) is 3. The van der Waals surface area contributed by atoms with Crippen molar-refractivity contribution in [3.63, 3.8) is 0 Å². The molecular weight excluding hydrogens is 377 g/mol. The summed E-state index contributed by atoms with van der Waals surface area (Å²) in [6, 6.07) is 0. The molecule has 0 aliphatic heterocycles. The third-order valence-electron chi connectivity index (χ3n) is 3.82. The van der Waals surface area contributed by atoms with Gasteiger partial charge in [0.1, 0.15) is 0 Å². The molecule has 1 rings (SSSR count). The molecule has 0 unspecified atom stereocenters.